The molecule has 1 N–H and O–H groups in total. The number of ether oxygens (including phenoxy) is 2. The van der Waals surface area contributed by atoms with Crippen molar-refractivity contribution in [2.24, 2.45) is 0 Å². The summed E-state index contributed by atoms with van der Waals surface area (Å²) in [6.45, 7) is 3.73. The largest absolute Gasteiger partial charge is 0.483 e. The summed E-state index contributed by atoms with van der Waals surface area (Å²) in [5.74, 6) is 0.0789. The molecular formula is C17H20N2O4S. The van der Waals surface area contributed by atoms with Crippen molar-refractivity contribution >= 4 is 28.3 Å². The van der Waals surface area contributed by atoms with Crippen LogP contribution in [-0.4, -0.2) is 30.6 Å². The SMILES string of the molecule is CCc1ccccc1OCC(=O)Nc1nc(C)c(CC(=O)OC)s1. The molecule has 0 radical (unpaired) electrons. The quantitative estimate of drug-likeness (QED) is 0.779. The number of carbonyl (C=O) groups excluding carboxylic acids is 2. The van der Waals surface area contributed by atoms with E-state index in [4.69, 9.17) is 4.74 Å². The highest BCUT2D eigenvalue weighted by Gasteiger charge is 2.14. The molecule has 1 aromatic heterocycles. The number of nitrogens with one attached hydrogen (secondary N) is 1. The van der Waals surface area contributed by atoms with Crippen molar-refractivity contribution in [3.8, 4) is 5.75 Å². The van der Waals surface area contributed by atoms with Crippen molar-refractivity contribution < 1.29 is 19.1 Å². The Kier molecular flexibility index (Phi) is 6.31. The van der Waals surface area contributed by atoms with Crippen LogP contribution in [0.25, 0.3) is 0 Å². The third-order valence-corrected chi connectivity index (χ3v) is 4.46. The number of benzene rings is 1. The molecule has 0 unspecified atom stereocenters. The molecule has 0 aliphatic heterocycles. The maximum atomic E-state index is 12.0. The van der Waals surface area contributed by atoms with Crippen LogP contribution in [0.4, 0.5) is 5.13 Å². The number of nitrogens with zero attached hydrogens (tertiary/aromatic N) is 1. The number of hydrogen-bond acceptors (Lipinski definition) is 6. The Bertz CT molecular complexity index is 727. The fourth-order valence-corrected chi connectivity index (χ4v) is 3.05. The average molecular weight is 348 g/mol. The standard InChI is InChI=1S/C17H20N2O4S/c1-4-12-7-5-6-8-13(12)23-10-15(20)19-17-18-11(2)14(24-17)9-16(21)22-3/h5-8H,4,9-10H2,1-3H3,(H,18,19,20). The van der Waals surface area contributed by atoms with E-state index in [1.54, 1.807) is 6.92 Å². The third kappa shape index (κ3) is 4.79. The van der Waals surface area contributed by atoms with Gasteiger partial charge < -0.3 is 9.47 Å². The number of aryl methyl sites for hydroxylation is 2. The molecule has 128 valence electrons. The number of methoxy groups -OCH3 is 1. The minimum atomic E-state index is -0.334. The van der Waals surface area contributed by atoms with Crippen LogP contribution in [0.15, 0.2) is 24.3 Å². The molecule has 0 saturated heterocycles. The second-order valence-electron chi connectivity index (χ2n) is 5.08. The number of rotatable bonds is 7. The lowest BCUT2D eigenvalue weighted by atomic mass is 10.1. The molecular weight excluding hydrogens is 328 g/mol. The number of esters is 1. The fourth-order valence-electron chi connectivity index (χ4n) is 2.08. The van der Waals surface area contributed by atoms with E-state index in [0.29, 0.717) is 16.6 Å². The van der Waals surface area contributed by atoms with Gasteiger partial charge >= 0.3 is 5.97 Å². The highest BCUT2D eigenvalue weighted by atomic mass is 32.1. The second-order valence-corrected chi connectivity index (χ2v) is 6.16. The molecule has 0 saturated carbocycles. The van der Waals surface area contributed by atoms with Crippen LogP contribution >= 0.6 is 11.3 Å². The van der Waals surface area contributed by atoms with Crippen LogP contribution in [0.5, 0.6) is 5.75 Å². The highest BCUT2D eigenvalue weighted by Crippen LogP contribution is 2.23. The molecule has 7 heteroatoms. The van der Waals surface area contributed by atoms with E-state index in [9.17, 15) is 9.59 Å². The normalized spacial score (nSPS) is 10.3. The lowest BCUT2D eigenvalue weighted by Gasteiger charge is -2.09. The van der Waals surface area contributed by atoms with E-state index in [0.717, 1.165) is 16.9 Å². The number of carbonyl (C=O) groups is 2. The molecule has 0 fully saturated rings. The molecule has 0 bridgehead atoms. The van der Waals surface area contributed by atoms with Crippen LogP contribution in [-0.2, 0) is 27.2 Å². The van der Waals surface area contributed by atoms with Gasteiger partial charge in [0.2, 0.25) is 0 Å². The fraction of sp³-hybridized carbons (Fsp3) is 0.353. The first-order valence-corrected chi connectivity index (χ1v) is 8.38. The van der Waals surface area contributed by atoms with E-state index < -0.39 is 0 Å². The zero-order valence-electron chi connectivity index (χ0n) is 13.9. The smallest absolute Gasteiger partial charge is 0.310 e. The molecule has 2 aromatic rings. The van der Waals surface area contributed by atoms with Crippen molar-refractivity contribution in [2.45, 2.75) is 26.7 Å². The van der Waals surface area contributed by atoms with Crippen LogP contribution in [0.3, 0.4) is 0 Å². The predicted molar refractivity (Wildman–Crippen MR) is 92.5 cm³/mol. The van der Waals surface area contributed by atoms with Crippen LogP contribution < -0.4 is 10.1 Å². The van der Waals surface area contributed by atoms with E-state index in [2.05, 4.69) is 15.0 Å². The van der Waals surface area contributed by atoms with Gasteiger partial charge in [-0.2, -0.15) is 0 Å². The zero-order valence-corrected chi connectivity index (χ0v) is 14.7. The van der Waals surface area contributed by atoms with Gasteiger partial charge in [0, 0.05) is 4.88 Å². The Morgan fingerprint density at radius 2 is 2.04 bits per heavy atom. The van der Waals surface area contributed by atoms with E-state index in [1.807, 2.05) is 31.2 Å². The van der Waals surface area contributed by atoms with E-state index in [1.165, 1.54) is 18.4 Å². The zero-order chi connectivity index (χ0) is 17.5. The number of aromatic nitrogens is 1. The third-order valence-electron chi connectivity index (χ3n) is 3.38. The summed E-state index contributed by atoms with van der Waals surface area (Å²) in [5, 5.41) is 3.14. The van der Waals surface area contributed by atoms with Gasteiger partial charge in [0.15, 0.2) is 11.7 Å². The molecule has 1 aromatic carbocycles. The number of anilines is 1. The minimum Gasteiger partial charge on any atom is -0.483 e. The molecule has 0 aliphatic rings. The summed E-state index contributed by atoms with van der Waals surface area (Å²) >= 11 is 1.26. The number of amides is 1. The molecule has 24 heavy (non-hydrogen) atoms. The molecule has 0 spiro atoms. The minimum absolute atomic E-state index is 0.0953. The van der Waals surface area contributed by atoms with Gasteiger partial charge in [-0.05, 0) is 25.0 Å². The topological polar surface area (TPSA) is 77.5 Å². The summed E-state index contributed by atoms with van der Waals surface area (Å²) < 4.78 is 10.2. The number of para-hydroxylation sites is 1. The lowest BCUT2D eigenvalue weighted by molar-refractivity contribution is -0.139. The summed E-state index contributed by atoms with van der Waals surface area (Å²) in [4.78, 5) is 28.4. The van der Waals surface area contributed by atoms with Gasteiger partial charge in [-0.25, -0.2) is 4.98 Å². The van der Waals surface area contributed by atoms with Crippen LogP contribution in [0.2, 0.25) is 0 Å². The first-order valence-electron chi connectivity index (χ1n) is 7.57. The van der Waals surface area contributed by atoms with Crippen LogP contribution in [0, 0.1) is 6.92 Å². The molecule has 1 amide bonds. The predicted octanol–water partition coefficient (Wildman–Crippen LogP) is 2.75. The maximum Gasteiger partial charge on any atom is 0.310 e. The van der Waals surface area contributed by atoms with Gasteiger partial charge in [0.1, 0.15) is 5.75 Å². The van der Waals surface area contributed by atoms with Gasteiger partial charge in [-0.15, -0.1) is 11.3 Å². The number of thiazole rings is 1. The molecule has 0 aliphatic carbocycles. The lowest BCUT2D eigenvalue weighted by Crippen LogP contribution is -2.20. The van der Waals surface area contributed by atoms with Gasteiger partial charge in [0.05, 0.1) is 19.2 Å². The molecule has 2 rings (SSSR count). The van der Waals surface area contributed by atoms with Crippen molar-refractivity contribution in [3.63, 3.8) is 0 Å². The molecule has 0 atom stereocenters. The number of hydrogen-bond donors (Lipinski definition) is 1. The first kappa shape index (κ1) is 17.9. The Labute approximate surface area is 144 Å². The highest BCUT2D eigenvalue weighted by molar-refractivity contribution is 7.16. The first-order chi connectivity index (χ1) is 11.5. The van der Waals surface area contributed by atoms with E-state index in [-0.39, 0.29) is 24.9 Å². The average Bonchev–Trinajstić information content (AvgIpc) is 2.92. The Balaban J connectivity index is 1.93. The van der Waals surface area contributed by atoms with E-state index >= 15 is 0 Å². The van der Waals surface area contributed by atoms with Crippen LogP contribution in [0.1, 0.15) is 23.1 Å². The summed E-state index contributed by atoms with van der Waals surface area (Å²) in [7, 11) is 1.34. The summed E-state index contributed by atoms with van der Waals surface area (Å²) in [6.07, 6.45) is 0.983. The monoisotopic (exact) mass is 348 g/mol. The molecule has 1 heterocycles. The van der Waals surface area contributed by atoms with Crippen molar-refractivity contribution in [3.05, 3.63) is 40.4 Å². The van der Waals surface area contributed by atoms with Crippen molar-refractivity contribution in [1.29, 1.82) is 0 Å². The summed E-state index contributed by atoms with van der Waals surface area (Å²) in [6, 6.07) is 7.62. The van der Waals surface area contributed by atoms with Crippen molar-refractivity contribution in [2.75, 3.05) is 19.0 Å². The Hall–Kier alpha value is -2.41. The van der Waals surface area contributed by atoms with Gasteiger partial charge in [-0.1, -0.05) is 25.1 Å². The molecule has 6 nitrogen and oxygen atoms in total. The van der Waals surface area contributed by atoms with Gasteiger partial charge in [-0.3, -0.25) is 14.9 Å². The van der Waals surface area contributed by atoms with Crippen molar-refractivity contribution in [1.82, 2.24) is 4.98 Å². The van der Waals surface area contributed by atoms with Gasteiger partial charge in [0.25, 0.3) is 5.91 Å². The second kappa shape index (κ2) is 8.44. The maximum absolute atomic E-state index is 12.0. The summed E-state index contributed by atoms with van der Waals surface area (Å²) in [5.41, 5.74) is 1.76. The Morgan fingerprint density at radius 1 is 1.29 bits per heavy atom. The Morgan fingerprint density at radius 3 is 2.75 bits per heavy atom.